The molecular formula is C14H12ClNO3S. The van der Waals surface area contributed by atoms with Gasteiger partial charge < -0.3 is 5.32 Å². The fraction of sp³-hybridized carbons (Fsp3) is 0.0714. The van der Waals surface area contributed by atoms with E-state index in [1.807, 2.05) is 13.0 Å². The Morgan fingerprint density at radius 2 is 1.75 bits per heavy atom. The Morgan fingerprint density at radius 3 is 2.30 bits per heavy atom. The summed E-state index contributed by atoms with van der Waals surface area (Å²) in [4.78, 5) is 12.0. The van der Waals surface area contributed by atoms with Crippen molar-refractivity contribution in [3.63, 3.8) is 0 Å². The molecule has 104 valence electrons. The predicted molar refractivity (Wildman–Crippen MR) is 78.6 cm³/mol. The molecule has 0 aliphatic carbocycles. The minimum Gasteiger partial charge on any atom is -0.322 e. The summed E-state index contributed by atoms with van der Waals surface area (Å²) in [5.74, 6) is -0.254. The molecule has 0 aliphatic rings. The molecular weight excluding hydrogens is 298 g/mol. The van der Waals surface area contributed by atoms with Crippen molar-refractivity contribution in [2.75, 3.05) is 5.32 Å². The van der Waals surface area contributed by atoms with E-state index in [0.717, 1.165) is 5.56 Å². The number of hydrogen-bond donors (Lipinski definition) is 1. The van der Waals surface area contributed by atoms with E-state index < -0.39 is 9.05 Å². The van der Waals surface area contributed by atoms with Crippen LogP contribution >= 0.6 is 10.7 Å². The van der Waals surface area contributed by atoms with Crippen LogP contribution in [0.25, 0.3) is 0 Å². The van der Waals surface area contributed by atoms with Crippen molar-refractivity contribution in [2.45, 2.75) is 11.8 Å². The minimum absolute atomic E-state index is 0.00674. The van der Waals surface area contributed by atoms with E-state index in [-0.39, 0.29) is 10.8 Å². The number of halogens is 1. The molecule has 2 aromatic rings. The Labute approximate surface area is 121 Å². The summed E-state index contributed by atoms with van der Waals surface area (Å²) in [6.45, 7) is 1.90. The molecule has 6 heteroatoms. The molecule has 4 nitrogen and oxygen atoms in total. The van der Waals surface area contributed by atoms with Gasteiger partial charge in [0, 0.05) is 21.9 Å². The fourth-order valence-electron chi connectivity index (χ4n) is 1.69. The summed E-state index contributed by atoms with van der Waals surface area (Å²) in [5, 5.41) is 2.69. The van der Waals surface area contributed by atoms with E-state index in [0.29, 0.717) is 11.3 Å². The molecule has 2 aromatic carbocycles. The molecule has 1 N–H and O–H groups in total. The Hall–Kier alpha value is -1.85. The normalized spacial score (nSPS) is 11.1. The Bertz CT molecular complexity index is 739. The number of hydrogen-bond acceptors (Lipinski definition) is 3. The highest BCUT2D eigenvalue weighted by atomic mass is 35.7. The third-order valence-electron chi connectivity index (χ3n) is 2.67. The van der Waals surface area contributed by atoms with Gasteiger partial charge in [0.2, 0.25) is 0 Å². The summed E-state index contributed by atoms with van der Waals surface area (Å²) in [5.41, 5.74) is 2.03. The standard InChI is InChI=1S/C14H12ClNO3S/c1-10-3-2-4-11(9-10)14(17)16-12-5-7-13(8-6-12)20(15,18)19/h2-9H,1H3,(H,16,17). The van der Waals surface area contributed by atoms with Gasteiger partial charge in [-0.3, -0.25) is 4.79 Å². The van der Waals surface area contributed by atoms with Crippen molar-refractivity contribution in [1.29, 1.82) is 0 Å². The van der Waals surface area contributed by atoms with E-state index in [1.165, 1.54) is 24.3 Å². The van der Waals surface area contributed by atoms with Gasteiger partial charge in [0.15, 0.2) is 0 Å². The van der Waals surface area contributed by atoms with Gasteiger partial charge in [-0.2, -0.15) is 0 Å². The first-order chi connectivity index (χ1) is 9.36. The molecule has 0 heterocycles. The van der Waals surface area contributed by atoms with Crippen LogP contribution in [0, 0.1) is 6.92 Å². The SMILES string of the molecule is Cc1cccc(C(=O)Nc2ccc(S(=O)(=O)Cl)cc2)c1. The summed E-state index contributed by atoms with van der Waals surface area (Å²) >= 11 is 0. The number of aryl methyl sites for hydroxylation is 1. The van der Waals surface area contributed by atoms with Gasteiger partial charge >= 0.3 is 0 Å². The zero-order chi connectivity index (χ0) is 14.8. The third kappa shape index (κ3) is 3.59. The fourth-order valence-corrected chi connectivity index (χ4v) is 2.46. The summed E-state index contributed by atoms with van der Waals surface area (Å²) < 4.78 is 22.2. The van der Waals surface area contributed by atoms with Gasteiger partial charge in [-0.25, -0.2) is 8.42 Å². The lowest BCUT2D eigenvalue weighted by Gasteiger charge is -2.06. The second kappa shape index (κ2) is 5.64. The van der Waals surface area contributed by atoms with Crippen LogP contribution in [0.15, 0.2) is 53.4 Å². The van der Waals surface area contributed by atoms with Crippen LogP contribution in [0.4, 0.5) is 5.69 Å². The highest BCUT2D eigenvalue weighted by molar-refractivity contribution is 8.13. The third-order valence-corrected chi connectivity index (χ3v) is 4.04. The average molecular weight is 310 g/mol. The Kier molecular flexibility index (Phi) is 4.11. The van der Waals surface area contributed by atoms with Gasteiger partial charge in [0.1, 0.15) is 0 Å². The van der Waals surface area contributed by atoms with Crippen LogP contribution in [0.5, 0.6) is 0 Å². The van der Waals surface area contributed by atoms with Crippen LogP contribution in [-0.2, 0) is 9.05 Å². The lowest BCUT2D eigenvalue weighted by molar-refractivity contribution is 0.102. The topological polar surface area (TPSA) is 63.2 Å². The largest absolute Gasteiger partial charge is 0.322 e. The van der Waals surface area contributed by atoms with E-state index >= 15 is 0 Å². The number of nitrogens with one attached hydrogen (secondary N) is 1. The van der Waals surface area contributed by atoms with Crippen molar-refractivity contribution in [1.82, 2.24) is 0 Å². The van der Waals surface area contributed by atoms with Crippen molar-refractivity contribution in [3.8, 4) is 0 Å². The molecule has 0 unspecified atom stereocenters. The number of anilines is 1. The van der Waals surface area contributed by atoms with Crippen LogP contribution in [-0.4, -0.2) is 14.3 Å². The summed E-state index contributed by atoms with van der Waals surface area (Å²) in [7, 11) is 1.47. The van der Waals surface area contributed by atoms with E-state index in [2.05, 4.69) is 5.32 Å². The van der Waals surface area contributed by atoms with Gasteiger partial charge in [0.25, 0.3) is 15.0 Å². The molecule has 0 spiro atoms. The molecule has 0 saturated heterocycles. The lowest BCUT2D eigenvalue weighted by Crippen LogP contribution is -2.11. The second-order valence-corrected chi connectivity index (χ2v) is 6.85. The maximum Gasteiger partial charge on any atom is 0.261 e. The monoisotopic (exact) mass is 309 g/mol. The van der Waals surface area contributed by atoms with E-state index in [1.54, 1.807) is 18.2 Å². The summed E-state index contributed by atoms with van der Waals surface area (Å²) in [6, 6.07) is 12.8. The maximum absolute atomic E-state index is 12.0. The molecule has 0 aliphatic heterocycles. The van der Waals surface area contributed by atoms with E-state index in [9.17, 15) is 13.2 Å². The Balaban J connectivity index is 2.16. The van der Waals surface area contributed by atoms with Gasteiger partial charge in [-0.15, -0.1) is 0 Å². The lowest BCUT2D eigenvalue weighted by atomic mass is 10.1. The van der Waals surface area contributed by atoms with Crippen LogP contribution < -0.4 is 5.32 Å². The summed E-state index contributed by atoms with van der Waals surface area (Å²) in [6.07, 6.45) is 0. The van der Waals surface area contributed by atoms with Crippen LogP contribution in [0.2, 0.25) is 0 Å². The highest BCUT2D eigenvalue weighted by Crippen LogP contribution is 2.18. The van der Waals surface area contributed by atoms with E-state index in [4.69, 9.17) is 10.7 Å². The first-order valence-corrected chi connectivity index (χ1v) is 8.10. The number of rotatable bonds is 3. The van der Waals surface area contributed by atoms with Crippen molar-refractivity contribution >= 4 is 31.3 Å². The first kappa shape index (κ1) is 14.6. The Morgan fingerprint density at radius 1 is 1.10 bits per heavy atom. The average Bonchev–Trinajstić information content (AvgIpc) is 2.38. The minimum atomic E-state index is -3.75. The quantitative estimate of drug-likeness (QED) is 0.886. The maximum atomic E-state index is 12.0. The van der Waals surface area contributed by atoms with Gasteiger partial charge in [0.05, 0.1) is 4.90 Å². The molecule has 0 atom stereocenters. The van der Waals surface area contributed by atoms with Gasteiger partial charge in [-0.05, 0) is 43.3 Å². The van der Waals surface area contributed by atoms with Gasteiger partial charge in [-0.1, -0.05) is 17.7 Å². The van der Waals surface area contributed by atoms with Crippen molar-refractivity contribution < 1.29 is 13.2 Å². The smallest absolute Gasteiger partial charge is 0.261 e. The van der Waals surface area contributed by atoms with Crippen molar-refractivity contribution in [2.24, 2.45) is 0 Å². The molecule has 0 aromatic heterocycles. The molecule has 0 fully saturated rings. The molecule has 2 rings (SSSR count). The zero-order valence-electron chi connectivity index (χ0n) is 10.6. The molecule has 20 heavy (non-hydrogen) atoms. The molecule has 0 bridgehead atoms. The second-order valence-electron chi connectivity index (χ2n) is 4.29. The molecule has 1 amide bonds. The number of benzene rings is 2. The van der Waals surface area contributed by atoms with Crippen LogP contribution in [0.3, 0.4) is 0 Å². The highest BCUT2D eigenvalue weighted by Gasteiger charge is 2.10. The number of carbonyl (C=O) groups is 1. The van der Waals surface area contributed by atoms with Crippen molar-refractivity contribution in [3.05, 3.63) is 59.7 Å². The first-order valence-electron chi connectivity index (χ1n) is 5.79. The van der Waals surface area contributed by atoms with Crippen LogP contribution in [0.1, 0.15) is 15.9 Å². The number of amides is 1. The number of carbonyl (C=O) groups excluding carboxylic acids is 1. The predicted octanol–water partition coefficient (Wildman–Crippen LogP) is 3.17. The molecule has 0 saturated carbocycles. The zero-order valence-corrected chi connectivity index (χ0v) is 12.2. The molecule has 0 radical (unpaired) electrons.